The predicted octanol–water partition coefficient (Wildman–Crippen LogP) is 13.6. The van der Waals surface area contributed by atoms with E-state index in [0.717, 1.165) is 51.4 Å². The minimum atomic E-state index is 0.119. The Kier molecular flexibility index (Phi) is 9.70. The van der Waals surface area contributed by atoms with Crippen molar-refractivity contribution in [3.63, 3.8) is 0 Å². The maximum Gasteiger partial charge on any atom is 0.252 e. The zero-order valence-electron chi connectivity index (χ0n) is 34.3. The Hall–Kier alpha value is -5.58. The second kappa shape index (κ2) is 15.3. The first-order valence-electron chi connectivity index (χ1n) is 21.7. The summed E-state index contributed by atoms with van der Waals surface area (Å²) in [6.07, 6.45) is 8.81. The topological polar surface area (TPSA) is 6.48 Å². The van der Waals surface area contributed by atoms with E-state index >= 15 is 0 Å². The van der Waals surface area contributed by atoms with E-state index in [-0.39, 0.29) is 6.71 Å². The van der Waals surface area contributed by atoms with Crippen molar-refractivity contribution >= 4 is 88.7 Å². The maximum atomic E-state index is 2.62. The van der Waals surface area contributed by atoms with E-state index in [9.17, 15) is 0 Å². The lowest BCUT2D eigenvalue weighted by Gasteiger charge is -2.44. The summed E-state index contributed by atoms with van der Waals surface area (Å²) in [5, 5.41) is 2.68. The van der Waals surface area contributed by atoms with Crippen molar-refractivity contribution in [2.75, 3.05) is 9.80 Å². The van der Waals surface area contributed by atoms with Gasteiger partial charge in [0, 0.05) is 54.2 Å². The average Bonchev–Trinajstić information content (AvgIpc) is 3.63. The molecule has 0 aliphatic carbocycles. The molecule has 0 atom stereocenters. The second-order valence-electron chi connectivity index (χ2n) is 16.4. The van der Waals surface area contributed by atoms with Gasteiger partial charge in [-0.3, -0.25) is 0 Å². The lowest BCUT2D eigenvalue weighted by Crippen LogP contribution is -2.61. The molecule has 0 radical (unpaired) electrons. The molecule has 3 heterocycles. The number of nitrogens with zero attached hydrogens (tertiary/aromatic N) is 2. The third-order valence-corrected chi connectivity index (χ3v) is 13.6. The molecule has 8 aromatic rings. The highest BCUT2D eigenvalue weighted by atomic mass is 32.1. The van der Waals surface area contributed by atoms with Gasteiger partial charge in [-0.25, -0.2) is 0 Å². The Bertz CT molecular complexity index is 2820. The highest BCUT2D eigenvalue weighted by Gasteiger charge is 2.43. The Morgan fingerprint density at radius 2 is 0.983 bits per heavy atom. The average molecular weight is 771 g/mol. The number of hydrogen-bond donors (Lipinski definition) is 0. The van der Waals surface area contributed by atoms with Crippen LogP contribution in [0.4, 0.5) is 34.1 Å². The third-order valence-electron chi connectivity index (χ3n) is 12.5. The molecule has 0 saturated carbocycles. The highest BCUT2D eigenvalue weighted by Crippen LogP contribution is 2.47. The van der Waals surface area contributed by atoms with Crippen LogP contribution in [0.3, 0.4) is 0 Å². The molecule has 0 spiro atoms. The van der Waals surface area contributed by atoms with Crippen molar-refractivity contribution in [3.05, 3.63) is 162 Å². The van der Waals surface area contributed by atoms with Crippen LogP contribution in [0.25, 0.3) is 31.3 Å². The first-order chi connectivity index (χ1) is 28.6. The number of thiophene rings is 1. The van der Waals surface area contributed by atoms with Crippen LogP contribution in [0.5, 0.6) is 0 Å². The van der Waals surface area contributed by atoms with E-state index in [1.807, 2.05) is 11.3 Å². The Morgan fingerprint density at radius 3 is 1.66 bits per heavy atom. The van der Waals surface area contributed by atoms with Crippen molar-refractivity contribution in [2.24, 2.45) is 0 Å². The van der Waals surface area contributed by atoms with E-state index in [4.69, 9.17) is 0 Å². The van der Waals surface area contributed by atoms with E-state index in [2.05, 4.69) is 177 Å². The summed E-state index contributed by atoms with van der Waals surface area (Å²) >= 11 is 1.89. The van der Waals surface area contributed by atoms with Gasteiger partial charge in [0.2, 0.25) is 0 Å². The molecule has 286 valence electrons. The summed E-state index contributed by atoms with van der Waals surface area (Å²) in [4.78, 5) is 5.17. The summed E-state index contributed by atoms with van der Waals surface area (Å²) in [6.45, 7) is 9.26. The van der Waals surface area contributed by atoms with Gasteiger partial charge in [-0.1, -0.05) is 126 Å². The number of rotatable bonds is 11. The van der Waals surface area contributed by atoms with Gasteiger partial charge in [-0.2, -0.15) is 0 Å². The van der Waals surface area contributed by atoms with E-state index in [1.54, 1.807) is 0 Å². The minimum absolute atomic E-state index is 0.119. The van der Waals surface area contributed by atoms with Crippen molar-refractivity contribution in [2.45, 2.75) is 79.1 Å². The number of anilines is 6. The first-order valence-corrected chi connectivity index (χ1v) is 22.5. The second-order valence-corrected chi connectivity index (χ2v) is 17.5. The molecule has 7 aromatic carbocycles. The fourth-order valence-electron chi connectivity index (χ4n) is 9.92. The molecule has 0 fully saturated rings. The van der Waals surface area contributed by atoms with Gasteiger partial charge < -0.3 is 9.80 Å². The third kappa shape index (κ3) is 6.16. The summed E-state index contributed by atoms with van der Waals surface area (Å²) in [7, 11) is 0. The molecule has 2 aliphatic heterocycles. The standard InChI is InChI=1S/C54H51BN2S/c1-5-12-36-20-26-41(27-21-36)56-48-29-23-38(14-7-3)33-45(48)55-46-34-39(15-8-4)24-30-49(46)57(51-18-11-17-50(56)54(51)55)47-28-22-37(13-6-2)32-43(47)40-25-31-53-44(35-40)42-16-9-10-19-52(42)58-53/h9-11,16-35H,5-8,12-15H2,1-4H3. The van der Waals surface area contributed by atoms with Gasteiger partial charge in [0.15, 0.2) is 0 Å². The molecule has 0 saturated heterocycles. The van der Waals surface area contributed by atoms with Gasteiger partial charge in [0.1, 0.15) is 0 Å². The monoisotopic (exact) mass is 770 g/mol. The van der Waals surface area contributed by atoms with Crippen LogP contribution in [-0.2, 0) is 25.7 Å². The molecule has 0 unspecified atom stereocenters. The summed E-state index contributed by atoms with van der Waals surface area (Å²) in [5.74, 6) is 0. The molecule has 1 aromatic heterocycles. The van der Waals surface area contributed by atoms with Crippen LogP contribution in [0.2, 0.25) is 0 Å². The Labute approximate surface area is 348 Å². The lowest BCUT2D eigenvalue weighted by atomic mass is 9.33. The van der Waals surface area contributed by atoms with Gasteiger partial charge in [0.05, 0.1) is 5.69 Å². The van der Waals surface area contributed by atoms with Crippen LogP contribution in [-0.4, -0.2) is 6.71 Å². The Balaban J connectivity index is 1.24. The fourth-order valence-corrected chi connectivity index (χ4v) is 11.0. The summed E-state index contributed by atoms with van der Waals surface area (Å²) in [5.41, 5.74) is 19.9. The van der Waals surface area contributed by atoms with Gasteiger partial charge in [-0.15, -0.1) is 11.3 Å². The zero-order chi connectivity index (χ0) is 39.3. The number of aryl methyl sites for hydroxylation is 4. The van der Waals surface area contributed by atoms with E-state index < -0.39 is 0 Å². The van der Waals surface area contributed by atoms with Gasteiger partial charge in [-0.05, 0) is 137 Å². The van der Waals surface area contributed by atoms with E-state index in [0.29, 0.717) is 0 Å². The van der Waals surface area contributed by atoms with Crippen LogP contribution >= 0.6 is 11.3 Å². The van der Waals surface area contributed by atoms with E-state index in [1.165, 1.54) is 104 Å². The number of benzene rings is 7. The zero-order valence-corrected chi connectivity index (χ0v) is 35.1. The molecule has 10 rings (SSSR count). The number of hydrogen-bond acceptors (Lipinski definition) is 3. The first kappa shape index (κ1) is 36.7. The molecule has 0 bridgehead atoms. The molecular formula is C54H51BN2S. The minimum Gasteiger partial charge on any atom is -0.311 e. The molecule has 58 heavy (non-hydrogen) atoms. The van der Waals surface area contributed by atoms with Crippen LogP contribution in [0, 0.1) is 0 Å². The van der Waals surface area contributed by atoms with Crippen LogP contribution in [0.15, 0.2) is 140 Å². The largest absolute Gasteiger partial charge is 0.311 e. The quantitative estimate of drug-likeness (QED) is 0.121. The van der Waals surface area contributed by atoms with Crippen molar-refractivity contribution in [3.8, 4) is 11.1 Å². The predicted molar refractivity (Wildman–Crippen MR) is 255 cm³/mol. The molecular weight excluding hydrogens is 719 g/mol. The van der Waals surface area contributed by atoms with Crippen molar-refractivity contribution in [1.29, 1.82) is 0 Å². The number of fused-ring (bicyclic) bond motifs is 7. The fraction of sp³-hybridized carbons (Fsp3) is 0.222. The van der Waals surface area contributed by atoms with Crippen molar-refractivity contribution in [1.82, 2.24) is 0 Å². The molecule has 2 nitrogen and oxygen atoms in total. The Morgan fingerprint density at radius 1 is 0.431 bits per heavy atom. The van der Waals surface area contributed by atoms with Gasteiger partial charge >= 0.3 is 0 Å². The molecule has 0 amide bonds. The smallest absolute Gasteiger partial charge is 0.252 e. The SMILES string of the molecule is CCCc1ccc(N2c3ccc(CCC)cc3B3c4cc(CCC)ccc4N(c4ccc(CCC)cc4-c4ccc5sc6ccccc6c5c4)c4cccc2c43)cc1. The molecule has 2 aliphatic rings. The summed E-state index contributed by atoms with van der Waals surface area (Å²) in [6, 6.07) is 54.4. The lowest BCUT2D eigenvalue weighted by molar-refractivity contribution is 0.921. The van der Waals surface area contributed by atoms with Crippen LogP contribution < -0.4 is 26.2 Å². The normalized spacial score (nSPS) is 12.9. The van der Waals surface area contributed by atoms with Crippen molar-refractivity contribution < 1.29 is 0 Å². The molecule has 0 N–H and O–H groups in total. The van der Waals surface area contributed by atoms with Gasteiger partial charge in [0.25, 0.3) is 6.71 Å². The highest BCUT2D eigenvalue weighted by molar-refractivity contribution is 7.25. The van der Waals surface area contributed by atoms with Crippen LogP contribution in [0.1, 0.15) is 75.6 Å². The molecule has 4 heteroatoms. The summed E-state index contributed by atoms with van der Waals surface area (Å²) < 4.78 is 2.68. The maximum absolute atomic E-state index is 2.62.